The number of carbonyl (C=O) groups excluding carboxylic acids is 1. The lowest BCUT2D eigenvalue weighted by Crippen LogP contribution is -2.24. The Kier molecular flexibility index (Phi) is 4.66. The van der Waals surface area contributed by atoms with Gasteiger partial charge in [-0.2, -0.15) is 10.1 Å². The number of rotatable bonds is 2. The predicted molar refractivity (Wildman–Crippen MR) is 93.5 cm³/mol. The highest BCUT2D eigenvalue weighted by Crippen LogP contribution is 2.28. The van der Waals surface area contributed by atoms with Gasteiger partial charge in [0.05, 0.1) is 5.69 Å². The number of amides is 1. The first-order chi connectivity index (χ1) is 10.6. The molecule has 23 heavy (non-hydrogen) atoms. The van der Waals surface area contributed by atoms with Gasteiger partial charge in [-0.25, -0.2) is 0 Å². The van der Waals surface area contributed by atoms with Gasteiger partial charge in [-0.1, -0.05) is 42.5 Å². The summed E-state index contributed by atoms with van der Waals surface area (Å²) in [5.41, 5.74) is 12.5. The Balaban J connectivity index is 0.00000192. The minimum Gasteiger partial charge on any atom is -0.370 e. The van der Waals surface area contributed by atoms with Crippen molar-refractivity contribution >= 4 is 35.0 Å². The molecule has 1 amide bonds. The lowest BCUT2D eigenvalue weighted by atomic mass is 10.0. The van der Waals surface area contributed by atoms with Crippen LogP contribution in [0.1, 0.15) is 10.5 Å². The Morgan fingerprint density at radius 3 is 2.57 bits per heavy atom. The van der Waals surface area contributed by atoms with Crippen molar-refractivity contribution in [2.45, 2.75) is 0 Å². The van der Waals surface area contributed by atoms with Crippen molar-refractivity contribution in [3.8, 4) is 11.3 Å². The second kappa shape index (κ2) is 6.50. The molecule has 7 heteroatoms. The van der Waals surface area contributed by atoms with Crippen LogP contribution in [0.4, 0.5) is 0 Å². The second-order valence-corrected chi connectivity index (χ2v) is 4.91. The van der Waals surface area contributed by atoms with E-state index < -0.39 is 5.91 Å². The van der Waals surface area contributed by atoms with Crippen molar-refractivity contribution in [2.75, 3.05) is 0 Å². The molecular formula is C16H16ClN5O. The van der Waals surface area contributed by atoms with Crippen molar-refractivity contribution in [3.63, 3.8) is 0 Å². The molecule has 0 atom stereocenters. The number of benzene rings is 2. The minimum absolute atomic E-state index is 0. The fourth-order valence-corrected chi connectivity index (χ4v) is 2.42. The van der Waals surface area contributed by atoms with E-state index in [1.54, 1.807) is 13.1 Å². The van der Waals surface area contributed by atoms with Gasteiger partial charge in [0.1, 0.15) is 5.69 Å². The predicted octanol–water partition coefficient (Wildman–Crippen LogP) is 2.08. The average Bonchev–Trinajstić information content (AvgIpc) is 2.88. The summed E-state index contributed by atoms with van der Waals surface area (Å²) in [6.45, 7) is 0. The third-order valence-electron chi connectivity index (χ3n) is 3.40. The van der Waals surface area contributed by atoms with E-state index in [4.69, 9.17) is 11.5 Å². The molecule has 3 aromatic rings. The molecule has 0 bridgehead atoms. The van der Waals surface area contributed by atoms with Gasteiger partial charge in [0.25, 0.3) is 5.91 Å². The molecule has 6 nitrogen and oxygen atoms in total. The highest BCUT2D eigenvalue weighted by atomic mass is 35.5. The van der Waals surface area contributed by atoms with E-state index in [9.17, 15) is 4.79 Å². The van der Waals surface area contributed by atoms with Gasteiger partial charge in [-0.3, -0.25) is 9.48 Å². The molecule has 0 aliphatic rings. The molecule has 0 fully saturated rings. The van der Waals surface area contributed by atoms with Gasteiger partial charge in [0.15, 0.2) is 5.96 Å². The summed E-state index contributed by atoms with van der Waals surface area (Å²) in [7, 11) is 1.68. The Labute approximate surface area is 139 Å². The Morgan fingerprint density at radius 2 is 1.83 bits per heavy atom. The molecule has 0 radical (unpaired) electrons. The summed E-state index contributed by atoms with van der Waals surface area (Å²) in [6, 6.07) is 15.7. The number of nitrogens with zero attached hydrogens (tertiary/aromatic N) is 3. The molecule has 0 spiro atoms. The van der Waals surface area contributed by atoms with Crippen molar-refractivity contribution in [2.24, 2.45) is 23.5 Å². The van der Waals surface area contributed by atoms with Crippen molar-refractivity contribution in [1.29, 1.82) is 0 Å². The molecule has 0 saturated carbocycles. The van der Waals surface area contributed by atoms with Crippen LogP contribution in [0.15, 0.2) is 53.5 Å². The summed E-state index contributed by atoms with van der Waals surface area (Å²) >= 11 is 0. The molecule has 1 aromatic heterocycles. The van der Waals surface area contributed by atoms with E-state index >= 15 is 0 Å². The molecule has 2 aromatic carbocycles. The molecule has 118 valence electrons. The number of halogens is 1. The zero-order valence-corrected chi connectivity index (χ0v) is 13.2. The van der Waals surface area contributed by atoms with Crippen LogP contribution in [-0.4, -0.2) is 21.6 Å². The van der Waals surface area contributed by atoms with E-state index in [1.165, 1.54) is 4.68 Å². The van der Waals surface area contributed by atoms with Gasteiger partial charge in [-0.15, -0.1) is 12.4 Å². The maximum atomic E-state index is 12.0. The van der Waals surface area contributed by atoms with E-state index in [1.807, 2.05) is 42.5 Å². The number of guanidine groups is 1. The smallest absolute Gasteiger partial charge is 0.298 e. The maximum Gasteiger partial charge on any atom is 0.298 e. The number of carbonyl (C=O) groups is 1. The molecule has 0 unspecified atom stereocenters. The van der Waals surface area contributed by atoms with Crippen molar-refractivity contribution < 1.29 is 4.79 Å². The van der Waals surface area contributed by atoms with Gasteiger partial charge >= 0.3 is 0 Å². The summed E-state index contributed by atoms with van der Waals surface area (Å²) in [4.78, 5) is 15.5. The lowest BCUT2D eigenvalue weighted by molar-refractivity contribution is 0.0994. The maximum absolute atomic E-state index is 12.0. The van der Waals surface area contributed by atoms with E-state index in [0.717, 1.165) is 16.3 Å². The standard InChI is InChI=1S/C16H15N5O.ClH/c1-21-14(15(22)19-16(17)18)9-13(20-21)12-8-4-6-10-5-2-3-7-11(10)12;/h2-9H,1H3,(H4,17,18,19,22);1H. The van der Waals surface area contributed by atoms with Crippen LogP contribution in [-0.2, 0) is 7.05 Å². The van der Waals surface area contributed by atoms with Crippen LogP contribution in [0, 0.1) is 0 Å². The normalized spacial score (nSPS) is 10.1. The average molecular weight is 330 g/mol. The Morgan fingerprint density at radius 1 is 1.13 bits per heavy atom. The third kappa shape index (κ3) is 3.17. The number of hydrogen-bond acceptors (Lipinski definition) is 2. The van der Waals surface area contributed by atoms with Crippen molar-refractivity contribution in [3.05, 3.63) is 54.2 Å². The number of nitrogens with two attached hydrogens (primary N) is 2. The van der Waals surface area contributed by atoms with Crippen LogP contribution in [0.25, 0.3) is 22.0 Å². The number of hydrogen-bond donors (Lipinski definition) is 2. The molecular weight excluding hydrogens is 314 g/mol. The molecule has 0 aliphatic carbocycles. The summed E-state index contributed by atoms with van der Waals surface area (Å²) in [5.74, 6) is -0.778. The van der Waals surface area contributed by atoms with Crippen LogP contribution in [0.2, 0.25) is 0 Å². The second-order valence-electron chi connectivity index (χ2n) is 4.91. The van der Waals surface area contributed by atoms with Gasteiger partial charge in [0, 0.05) is 12.6 Å². The van der Waals surface area contributed by atoms with Crippen LogP contribution in [0.5, 0.6) is 0 Å². The molecule has 4 N–H and O–H groups in total. The lowest BCUT2D eigenvalue weighted by Gasteiger charge is -2.03. The molecule has 3 rings (SSSR count). The van der Waals surface area contributed by atoms with Gasteiger partial charge in [-0.05, 0) is 16.8 Å². The first-order valence-corrected chi connectivity index (χ1v) is 6.72. The van der Waals surface area contributed by atoms with Crippen molar-refractivity contribution in [1.82, 2.24) is 9.78 Å². The SMILES string of the molecule is Cl.Cn1nc(-c2cccc3ccccc23)cc1C(=O)N=C(N)N. The fraction of sp³-hybridized carbons (Fsp3) is 0.0625. The minimum atomic E-state index is -0.513. The molecule has 0 saturated heterocycles. The largest absolute Gasteiger partial charge is 0.370 e. The number of aromatic nitrogens is 2. The first kappa shape index (κ1) is 16.5. The quantitative estimate of drug-likeness (QED) is 0.555. The highest BCUT2D eigenvalue weighted by Gasteiger charge is 2.15. The topological polar surface area (TPSA) is 99.3 Å². The molecule has 0 aliphatic heterocycles. The Bertz CT molecular complexity index is 891. The zero-order valence-electron chi connectivity index (χ0n) is 12.4. The zero-order chi connectivity index (χ0) is 15.7. The highest BCUT2D eigenvalue weighted by molar-refractivity contribution is 6.02. The fourth-order valence-electron chi connectivity index (χ4n) is 2.42. The van der Waals surface area contributed by atoms with E-state index in [-0.39, 0.29) is 18.4 Å². The number of aryl methyl sites for hydroxylation is 1. The van der Waals surface area contributed by atoms with Crippen LogP contribution < -0.4 is 11.5 Å². The summed E-state index contributed by atoms with van der Waals surface area (Å²) < 4.78 is 1.48. The summed E-state index contributed by atoms with van der Waals surface area (Å²) in [6.07, 6.45) is 0. The van der Waals surface area contributed by atoms with Gasteiger partial charge in [0.2, 0.25) is 0 Å². The Hall–Kier alpha value is -2.86. The van der Waals surface area contributed by atoms with E-state index in [2.05, 4.69) is 10.1 Å². The first-order valence-electron chi connectivity index (χ1n) is 6.72. The van der Waals surface area contributed by atoms with E-state index in [0.29, 0.717) is 11.4 Å². The number of fused-ring (bicyclic) bond motifs is 1. The number of aliphatic imine (C=N–C) groups is 1. The third-order valence-corrected chi connectivity index (χ3v) is 3.40. The van der Waals surface area contributed by atoms with Gasteiger partial charge < -0.3 is 11.5 Å². The molecule has 1 heterocycles. The van der Waals surface area contributed by atoms with Crippen LogP contribution in [0.3, 0.4) is 0 Å². The summed E-state index contributed by atoms with van der Waals surface area (Å²) in [5, 5.41) is 6.59. The monoisotopic (exact) mass is 329 g/mol. The van der Waals surface area contributed by atoms with Crippen LogP contribution >= 0.6 is 12.4 Å².